The highest BCUT2D eigenvalue weighted by Crippen LogP contribution is 2.30. The first kappa shape index (κ1) is 13.0. The zero-order valence-electron chi connectivity index (χ0n) is 10.6. The number of hydrogen-bond donors (Lipinski definition) is 3. The smallest absolute Gasteiger partial charge is 0.223 e. The molecule has 1 heterocycles. The van der Waals surface area contributed by atoms with Gasteiger partial charge in [0, 0.05) is 0 Å². The van der Waals surface area contributed by atoms with Crippen molar-refractivity contribution < 1.29 is 9.90 Å². The summed E-state index contributed by atoms with van der Waals surface area (Å²) in [5.74, 6) is 0.488. The van der Waals surface area contributed by atoms with Crippen LogP contribution in [0.15, 0.2) is 6.33 Å². The van der Waals surface area contributed by atoms with Crippen LogP contribution in [0.25, 0.3) is 0 Å². The molecular formula is C12H20N4O2. The summed E-state index contributed by atoms with van der Waals surface area (Å²) >= 11 is 0. The molecule has 3 N–H and O–H groups in total. The minimum Gasteiger partial charge on any atom is -0.389 e. The van der Waals surface area contributed by atoms with Crippen molar-refractivity contribution in [2.45, 2.75) is 57.1 Å². The Morgan fingerprint density at radius 2 is 2.28 bits per heavy atom. The van der Waals surface area contributed by atoms with Crippen LogP contribution in [-0.2, 0) is 4.79 Å². The van der Waals surface area contributed by atoms with Gasteiger partial charge < -0.3 is 10.4 Å². The minimum absolute atomic E-state index is 0.136. The molecule has 6 nitrogen and oxygen atoms in total. The predicted molar refractivity (Wildman–Crippen MR) is 65.6 cm³/mol. The zero-order chi connectivity index (χ0) is 13.0. The molecule has 2 rings (SSSR count). The van der Waals surface area contributed by atoms with E-state index in [-0.39, 0.29) is 18.4 Å². The predicted octanol–water partition coefficient (Wildman–Crippen LogP) is 1.07. The lowest BCUT2D eigenvalue weighted by molar-refractivity contribution is -0.128. The molecule has 1 saturated carbocycles. The first-order valence-corrected chi connectivity index (χ1v) is 6.46. The maximum atomic E-state index is 11.9. The summed E-state index contributed by atoms with van der Waals surface area (Å²) in [4.78, 5) is 15.9. The first-order chi connectivity index (χ1) is 8.59. The molecule has 18 heavy (non-hydrogen) atoms. The molecule has 1 aromatic rings. The van der Waals surface area contributed by atoms with Crippen LogP contribution in [0.3, 0.4) is 0 Å². The minimum atomic E-state index is -0.816. The Kier molecular flexibility index (Phi) is 3.96. The molecule has 1 amide bonds. The summed E-state index contributed by atoms with van der Waals surface area (Å²) in [5, 5.41) is 19.6. The zero-order valence-corrected chi connectivity index (χ0v) is 10.6. The summed E-state index contributed by atoms with van der Waals surface area (Å²) in [7, 11) is 0. The number of rotatable bonds is 4. The van der Waals surface area contributed by atoms with Gasteiger partial charge >= 0.3 is 0 Å². The van der Waals surface area contributed by atoms with Crippen LogP contribution in [0, 0.1) is 0 Å². The number of carbonyl (C=O) groups excluding carboxylic acids is 1. The molecule has 0 spiro atoms. The summed E-state index contributed by atoms with van der Waals surface area (Å²) in [6.07, 6.45) is 6.17. The molecule has 0 aromatic carbocycles. The third kappa shape index (κ3) is 3.29. The molecule has 0 radical (unpaired) electrons. The van der Waals surface area contributed by atoms with E-state index in [9.17, 15) is 9.90 Å². The fourth-order valence-corrected chi connectivity index (χ4v) is 2.47. The van der Waals surface area contributed by atoms with Crippen molar-refractivity contribution in [3.63, 3.8) is 0 Å². The second kappa shape index (κ2) is 5.48. The van der Waals surface area contributed by atoms with Gasteiger partial charge in [0.25, 0.3) is 0 Å². The second-order valence-electron chi connectivity index (χ2n) is 5.12. The maximum Gasteiger partial charge on any atom is 0.223 e. The van der Waals surface area contributed by atoms with Crippen LogP contribution < -0.4 is 5.32 Å². The third-order valence-electron chi connectivity index (χ3n) is 3.50. The van der Waals surface area contributed by atoms with Crippen molar-refractivity contribution in [1.29, 1.82) is 0 Å². The molecule has 1 atom stereocenters. The largest absolute Gasteiger partial charge is 0.389 e. The topological polar surface area (TPSA) is 90.9 Å². The van der Waals surface area contributed by atoms with Gasteiger partial charge in [-0.25, -0.2) is 4.98 Å². The fourth-order valence-electron chi connectivity index (χ4n) is 2.47. The van der Waals surface area contributed by atoms with E-state index in [2.05, 4.69) is 20.5 Å². The molecule has 0 saturated heterocycles. The van der Waals surface area contributed by atoms with Gasteiger partial charge in [0.05, 0.1) is 18.1 Å². The molecule has 0 aliphatic heterocycles. The summed E-state index contributed by atoms with van der Waals surface area (Å²) in [6.45, 7) is 1.84. The summed E-state index contributed by atoms with van der Waals surface area (Å²) in [6, 6.07) is -0.216. The van der Waals surface area contributed by atoms with Crippen molar-refractivity contribution in [1.82, 2.24) is 20.5 Å². The van der Waals surface area contributed by atoms with Crippen molar-refractivity contribution in [3.05, 3.63) is 12.2 Å². The van der Waals surface area contributed by atoms with Gasteiger partial charge in [-0.15, -0.1) is 0 Å². The van der Waals surface area contributed by atoms with E-state index in [4.69, 9.17) is 0 Å². The number of aromatic nitrogens is 3. The van der Waals surface area contributed by atoms with Crippen molar-refractivity contribution in [3.8, 4) is 0 Å². The number of nitrogens with zero attached hydrogens (tertiary/aromatic N) is 2. The van der Waals surface area contributed by atoms with Crippen LogP contribution in [0.1, 0.15) is 57.3 Å². The third-order valence-corrected chi connectivity index (χ3v) is 3.50. The molecule has 1 fully saturated rings. The summed E-state index contributed by atoms with van der Waals surface area (Å²) in [5.41, 5.74) is -0.816. The van der Waals surface area contributed by atoms with Crippen molar-refractivity contribution >= 4 is 5.91 Å². The van der Waals surface area contributed by atoms with Crippen molar-refractivity contribution in [2.24, 2.45) is 0 Å². The van der Waals surface area contributed by atoms with Gasteiger partial charge in [0.2, 0.25) is 5.91 Å². The molecule has 1 aliphatic carbocycles. The van der Waals surface area contributed by atoms with Crippen LogP contribution in [0.2, 0.25) is 0 Å². The van der Waals surface area contributed by atoms with E-state index < -0.39 is 5.60 Å². The maximum absolute atomic E-state index is 11.9. The Bertz CT molecular complexity index is 385. The quantitative estimate of drug-likeness (QED) is 0.747. The SMILES string of the molecule is CC(NC(=O)CC1(O)CCCCC1)c1ncn[nH]1. The van der Waals surface area contributed by atoms with Gasteiger partial charge in [0.15, 0.2) is 0 Å². The monoisotopic (exact) mass is 252 g/mol. The number of aromatic amines is 1. The number of nitrogens with one attached hydrogen (secondary N) is 2. The number of hydrogen-bond acceptors (Lipinski definition) is 4. The van der Waals surface area contributed by atoms with Gasteiger partial charge in [-0.05, 0) is 19.8 Å². The Labute approximate surface area is 106 Å². The fraction of sp³-hybridized carbons (Fsp3) is 0.750. The Morgan fingerprint density at radius 1 is 1.56 bits per heavy atom. The van der Waals surface area contributed by atoms with E-state index in [1.54, 1.807) is 0 Å². The number of aliphatic hydroxyl groups is 1. The first-order valence-electron chi connectivity index (χ1n) is 6.46. The molecule has 1 aromatic heterocycles. The highest BCUT2D eigenvalue weighted by Gasteiger charge is 2.32. The van der Waals surface area contributed by atoms with Gasteiger partial charge in [-0.2, -0.15) is 5.10 Å². The standard InChI is InChI=1S/C12H20N4O2/c1-9(11-13-8-14-16-11)15-10(17)7-12(18)5-3-2-4-6-12/h8-9,18H,2-7H2,1H3,(H,15,17)(H,13,14,16). The lowest BCUT2D eigenvalue weighted by Gasteiger charge is -2.31. The number of H-pyrrole nitrogens is 1. The summed E-state index contributed by atoms with van der Waals surface area (Å²) < 4.78 is 0. The molecule has 6 heteroatoms. The Balaban J connectivity index is 1.84. The number of amides is 1. The highest BCUT2D eigenvalue weighted by molar-refractivity contribution is 5.77. The van der Waals surface area contributed by atoms with Gasteiger partial charge in [-0.1, -0.05) is 19.3 Å². The molecular weight excluding hydrogens is 232 g/mol. The van der Waals surface area contributed by atoms with Crippen LogP contribution in [-0.4, -0.2) is 31.8 Å². The van der Waals surface area contributed by atoms with Crippen molar-refractivity contribution in [2.75, 3.05) is 0 Å². The van der Waals surface area contributed by atoms with Gasteiger partial charge in [-0.3, -0.25) is 9.89 Å². The van der Waals surface area contributed by atoms with Crippen LogP contribution >= 0.6 is 0 Å². The van der Waals surface area contributed by atoms with E-state index in [1.807, 2.05) is 6.92 Å². The Morgan fingerprint density at radius 3 is 2.89 bits per heavy atom. The molecule has 1 unspecified atom stereocenters. The molecule has 100 valence electrons. The van der Waals surface area contributed by atoms with E-state index in [0.717, 1.165) is 32.1 Å². The van der Waals surface area contributed by atoms with E-state index >= 15 is 0 Å². The number of carbonyl (C=O) groups is 1. The average Bonchev–Trinajstić information content (AvgIpc) is 2.82. The van der Waals surface area contributed by atoms with Crippen LogP contribution in [0.5, 0.6) is 0 Å². The van der Waals surface area contributed by atoms with E-state index in [1.165, 1.54) is 6.33 Å². The second-order valence-corrected chi connectivity index (χ2v) is 5.12. The van der Waals surface area contributed by atoms with Gasteiger partial charge in [0.1, 0.15) is 12.2 Å². The lowest BCUT2D eigenvalue weighted by Crippen LogP contribution is -2.39. The highest BCUT2D eigenvalue weighted by atomic mass is 16.3. The Hall–Kier alpha value is -1.43. The molecule has 1 aliphatic rings. The normalized spacial score (nSPS) is 20.3. The average molecular weight is 252 g/mol. The lowest BCUT2D eigenvalue weighted by atomic mass is 9.82. The van der Waals surface area contributed by atoms with Crippen LogP contribution in [0.4, 0.5) is 0 Å². The molecule has 0 bridgehead atoms. The van der Waals surface area contributed by atoms with E-state index in [0.29, 0.717) is 5.82 Å².